The van der Waals surface area contributed by atoms with Gasteiger partial charge in [-0.05, 0) is 12.1 Å². The van der Waals surface area contributed by atoms with Crippen molar-refractivity contribution >= 4 is 76.4 Å². The molecule has 4 heterocycles. The average molecular weight is 1100 g/mol. The van der Waals surface area contributed by atoms with Crippen molar-refractivity contribution in [2.75, 3.05) is 26.9 Å². The third kappa shape index (κ3) is 16.3. The largest absolute Gasteiger partial charge is 0.464 e. The van der Waals surface area contributed by atoms with Gasteiger partial charge in [0, 0.05) is 80.1 Å². The Bertz CT molecular complexity index is 2530. The number of aromatic amines is 1. The minimum absolute atomic E-state index is 0.133. The van der Waals surface area contributed by atoms with Gasteiger partial charge >= 0.3 is 47.8 Å². The zero-order chi connectivity index (χ0) is 57.0. The van der Waals surface area contributed by atoms with E-state index in [0.29, 0.717) is 10.9 Å². The first-order valence-corrected chi connectivity index (χ1v) is 23.8. The molecule has 6 unspecified atom stereocenters. The second-order valence-corrected chi connectivity index (χ2v) is 17.7. The maximum Gasteiger partial charge on any atom is 0.358 e. The van der Waals surface area contributed by atoms with Gasteiger partial charge < -0.3 is 87.3 Å². The monoisotopic (exact) mass is 1090 g/mol. The smallest absolute Gasteiger partial charge is 0.358 e. The van der Waals surface area contributed by atoms with E-state index in [-0.39, 0.29) is 11.4 Å². The summed E-state index contributed by atoms with van der Waals surface area (Å²) in [6.07, 6.45) is -20.7. The van der Waals surface area contributed by atoms with Gasteiger partial charge in [0.25, 0.3) is 0 Å². The van der Waals surface area contributed by atoms with Crippen LogP contribution < -0.4 is 20.7 Å². The Labute approximate surface area is 439 Å². The molecule has 1 aromatic carbocycles. The molecule has 0 spiro atoms. The van der Waals surface area contributed by atoms with Gasteiger partial charge in [-0.15, -0.1) is 0 Å². The fourth-order valence-corrected chi connectivity index (χ4v) is 8.78. The zero-order valence-electron chi connectivity index (χ0n) is 43.8. The van der Waals surface area contributed by atoms with Crippen LogP contribution in [0, 0.1) is 0 Å². The summed E-state index contributed by atoms with van der Waals surface area (Å²) in [7, 11) is 1.13. The number of hydrogen-bond acceptors (Lipinski definition) is 25. The molecule has 0 radical (unpaired) electrons. The molecule has 2 aromatic rings. The molecule has 4 N–H and O–H groups in total. The van der Waals surface area contributed by atoms with E-state index in [1.165, 1.54) is 0 Å². The molecule has 3 fully saturated rings. The third-order valence-electron chi connectivity index (χ3n) is 11.5. The number of hydrogen-bond donors (Lipinski definition) is 4. The topological polar surface area (TPSA) is 369 Å². The molecule has 1 aromatic heterocycles. The number of benzene rings is 1. The lowest BCUT2D eigenvalue weighted by Crippen LogP contribution is -2.72. The molecule has 3 amide bonds. The van der Waals surface area contributed by atoms with Crippen molar-refractivity contribution < 1.29 is 119 Å². The van der Waals surface area contributed by atoms with Crippen LogP contribution in [0.4, 0.5) is 0 Å². The number of carbonyl (C=O) groups excluding carboxylic acids is 11. The number of para-hydroxylation sites is 1. The molecule has 3 aliphatic heterocycles. The van der Waals surface area contributed by atoms with Crippen LogP contribution in [0.25, 0.3) is 10.9 Å². The molecule has 0 saturated carbocycles. The Morgan fingerprint density at radius 1 is 0.468 bits per heavy atom. The molecule has 15 atom stereocenters. The molecule has 29 heteroatoms. The molecule has 29 nitrogen and oxygen atoms in total. The molecule has 5 rings (SSSR count). The lowest BCUT2D eigenvalue weighted by Gasteiger charge is -2.51. The zero-order valence-corrected chi connectivity index (χ0v) is 43.8. The van der Waals surface area contributed by atoms with Gasteiger partial charge in [0.1, 0.15) is 68.5 Å². The van der Waals surface area contributed by atoms with Crippen LogP contribution in [0.2, 0.25) is 0 Å². The van der Waals surface area contributed by atoms with Crippen molar-refractivity contribution in [1.82, 2.24) is 20.9 Å². The fourth-order valence-electron chi connectivity index (χ4n) is 8.78. The van der Waals surface area contributed by atoms with E-state index in [1.807, 2.05) is 0 Å². The SMILES string of the molecule is COC(=O)c1[nH]c2ccccc2c1O[C@@H]1OC(COC(C)=O)[C@@H](O[C@@H]2OC(COC(C)=O)[C@@H](O[C@@H]3OC(COC(C)=O)[C@@H](OC(C)=O)[C@H](OC(C)=O)C3NC(C)=O)[C@H](OC(C)=O)C2NC(C)=O)[C@H](OC(C)=O)C1NC(C)=O. The van der Waals surface area contributed by atoms with Crippen LogP contribution in [0.15, 0.2) is 24.3 Å². The second kappa shape index (κ2) is 27.0. The number of fused-ring (bicyclic) bond motifs is 1. The number of carbonyl (C=O) groups is 11. The number of methoxy groups -OCH3 is 1. The summed E-state index contributed by atoms with van der Waals surface area (Å²) >= 11 is 0. The van der Waals surface area contributed by atoms with Gasteiger partial charge in [-0.1, -0.05) is 12.1 Å². The van der Waals surface area contributed by atoms with Crippen LogP contribution in [-0.2, 0) is 110 Å². The van der Waals surface area contributed by atoms with Gasteiger partial charge in [0.15, 0.2) is 48.4 Å². The van der Waals surface area contributed by atoms with Gasteiger partial charge in [-0.25, -0.2) is 4.79 Å². The normalized spacial score (nSPS) is 28.7. The first-order valence-electron chi connectivity index (χ1n) is 23.8. The number of aromatic nitrogens is 1. The van der Waals surface area contributed by atoms with Crippen molar-refractivity contribution in [3.8, 4) is 5.75 Å². The van der Waals surface area contributed by atoms with Gasteiger partial charge in [-0.3, -0.25) is 47.9 Å². The van der Waals surface area contributed by atoms with Crippen molar-refractivity contribution in [3.63, 3.8) is 0 Å². The average Bonchev–Trinajstić information content (AvgIpc) is 3.69. The van der Waals surface area contributed by atoms with Gasteiger partial charge in [-0.2, -0.15) is 0 Å². The van der Waals surface area contributed by atoms with E-state index >= 15 is 0 Å². The van der Waals surface area contributed by atoms with Crippen LogP contribution >= 0.6 is 0 Å². The molecular formula is C48H62N4O25. The Balaban J connectivity index is 1.68. The molecule has 77 heavy (non-hydrogen) atoms. The summed E-state index contributed by atoms with van der Waals surface area (Å²) < 4.78 is 82.6. The Morgan fingerprint density at radius 3 is 1.19 bits per heavy atom. The lowest BCUT2D eigenvalue weighted by molar-refractivity contribution is -0.351. The third-order valence-corrected chi connectivity index (χ3v) is 11.5. The fraction of sp³-hybridized carbons (Fsp3) is 0.604. The van der Waals surface area contributed by atoms with Crippen molar-refractivity contribution in [3.05, 3.63) is 30.0 Å². The van der Waals surface area contributed by atoms with E-state index in [0.717, 1.165) is 76.3 Å². The highest BCUT2D eigenvalue weighted by Crippen LogP contribution is 2.38. The molecule has 3 aliphatic rings. The Morgan fingerprint density at radius 2 is 0.818 bits per heavy atom. The lowest BCUT2D eigenvalue weighted by atomic mass is 9.93. The van der Waals surface area contributed by atoms with E-state index in [1.54, 1.807) is 24.3 Å². The van der Waals surface area contributed by atoms with Gasteiger partial charge in [0.2, 0.25) is 24.0 Å². The highest BCUT2D eigenvalue weighted by atomic mass is 16.8. The Hall–Kier alpha value is -7.47. The number of ether oxygens (including phenoxy) is 14. The predicted octanol–water partition coefficient (Wildman–Crippen LogP) is -0.791. The van der Waals surface area contributed by atoms with Crippen LogP contribution in [-0.4, -0.2) is 189 Å². The maximum absolute atomic E-state index is 13.3. The van der Waals surface area contributed by atoms with E-state index in [9.17, 15) is 52.7 Å². The molecule has 0 aliphatic carbocycles. The maximum atomic E-state index is 13.3. The summed E-state index contributed by atoms with van der Waals surface area (Å²) in [5, 5.41) is 8.11. The number of esters is 8. The summed E-state index contributed by atoms with van der Waals surface area (Å²) in [5.74, 6) is -9.69. The Kier molecular flexibility index (Phi) is 21.2. The van der Waals surface area contributed by atoms with Crippen molar-refractivity contribution in [2.24, 2.45) is 0 Å². The van der Waals surface area contributed by atoms with Crippen molar-refractivity contribution in [2.45, 2.75) is 161 Å². The predicted molar refractivity (Wildman–Crippen MR) is 251 cm³/mol. The van der Waals surface area contributed by atoms with E-state index < -0.39 is 177 Å². The molecule has 0 bridgehead atoms. The van der Waals surface area contributed by atoms with Crippen LogP contribution in [0.3, 0.4) is 0 Å². The molecule has 3 saturated heterocycles. The number of rotatable bonds is 20. The first-order chi connectivity index (χ1) is 36.3. The second-order valence-electron chi connectivity index (χ2n) is 17.7. The van der Waals surface area contributed by atoms with Crippen molar-refractivity contribution in [1.29, 1.82) is 0 Å². The van der Waals surface area contributed by atoms with Crippen LogP contribution in [0.5, 0.6) is 5.75 Å². The van der Waals surface area contributed by atoms with E-state index in [4.69, 9.17) is 66.3 Å². The number of nitrogens with one attached hydrogen (secondary N) is 4. The summed E-state index contributed by atoms with van der Waals surface area (Å²) in [6.45, 7) is 8.35. The minimum Gasteiger partial charge on any atom is -0.464 e. The quantitative estimate of drug-likeness (QED) is 0.0932. The van der Waals surface area contributed by atoms with Crippen LogP contribution in [0.1, 0.15) is 79.7 Å². The number of H-pyrrole nitrogens is 1. The molecular weight excluding hydrogens is 1030 g/mol. The van der Waals surface area contributed by atoms with E-state index in [2.05, 4.69) is 20.9 Å². The minimum atomic E-state index is -1.94. The standard InChI is InChI=1S/C48H62N4O25/c1-19(53)49-35-42(69-26(8)60)39(68-25(7)59)31(16-65-22(4)56)72-47(35)76-41-33(18-67-24(6)58)74-48(37(51-21(3)55)44(41)71-28(10)62)77-40-32(17-66-23(5)57)73-46(36(50-20(2)54)43(40)70-27(9)61)75-38-29-14-12-13-15-30(29)52-34(38)45(63)64-11/h12-15,31-33,35-37,39-44,46-48,52H,16-18H2,1-11H3,(H,49,53)(H,50,54)(H,51,55)/t31?,32?,33?,35?,36?,37?,39-,40-,41-,42-,43-,44-,46+,47+,48+/m1/s1. The highest BCUT2D eigenvalue weighted by Gasteiger charge is 2.59. The number of amides is 3. The summed E-state index contributed by atoms with van der Waals surface area (Å²) in [6, 6.07) is 1.61. The summed E-state index contributed by atoms with van der Waals surface area (Å²) in [5.41, 5.74) is 0.222. The van der Waals surface area contributed by atoms with Gasteiger partial charge in [0.05, 0.1) is 7.11 Å². The highest BCUT2D eigenvalue weighted by molar-refractivity contribution is 6.01. The summed E-state index contributed by atoms with van der Waals surface area (Å²) in [4.78, 5) is 144. The first kappa shape index (κ1) is 60.4. The molecule has 424 valence electrons.